The molecule has 0 saturated carbocycles. The van der Waals surface area contributed by atoms with E-state index in [1.54, 1.807) is 31.3 Å². The van der Waals surface area contributed by atoms with E-state index in [1.807, 2.05) is 54.6 Å². The molecule has 4 rings (SSSR count). The zero-order chi connectivity index (χ0) is 20.4. The van der Waals surface area contributed by atoms with Crippen LogP contribution in [0.5, 0.6) is 11.5 Å². The third kappa shape index (κ3) is 3.45. The van der Waals surface area contributed by atoms with Crippen molar-refractivity contribution in [2.45, 2.75) is 12.6 Å². The number of rotatable bonds is 4. The second-order valence-corrected chi connectivity index (χ2v) is 6.98. The lowest BCUT2D eigenvalue weighted by Gasteiger charge is -2.34. The van der Waals surface area contributed by atoms with E-state index in [9.17, 15) is 9.90 Å². The van der Waals surface area contributed by atoms with Gasteiger partial charge in [-0.3, -0.25) is 4.79 Å². The van der Waals surface area contributed by atoms with Gasteiger partial charge in [-0.1, -0.05) is 48.5 Å². The summed E-state index contributed by atoms with van der Waals surface area (Å²) in [4.78, 5) is 15.1. The topological polar surface area (TPSA) is 59.0 Å². The fourth-order valence-electron chi connectivity index (χ4n) is 3.94. The van der Waals surface area contributed by atoms with Crippen molar-refractivity contribution in [3.8, 4) is 22.6 Å². The summed E-state index contributed by atoms with van der Waals surface area (Å²) in [7, 11) is 3.16. The van der Waals surface area contributed by atoms with Crippen LogP contribution in [0.1, 0.15) is 27.6 Å². The van der Waals surface area contributed by atoms with Crippen LogP contribution >= 0.6 is 0 Å². The molecule has 1 N–H and O–H groups in total. The molecule has 1 aliphatic rings. The van der Waals surface area contributed by atoms with Gasteiger partial charge in [-0.15, -0.1) is 0 Å². The lowest BCUT2D eigenvalue weighted by Crippen LogP contribution is -2.38. The highest BCUT2D eigenvalue weighted by Gasteiger charge is 2.32. The molecule has 0 aromatic heterocycles. The Morgan fingerprint density at radius 1 is 0.931 bits per heavy atom. The quantitative estimate of drug-likeness (QED) is 0.731. The maximum absolute atomic E-state index is 13.4. The maximum Gasteiger partial charge on any atom is 0.254 e. The Bertz CT molecular complexity index is 1030. The van der Waals surface area contributed by atoms with Crippen molar-refractivity contribution in [1.82, 2.24) is 4.90 Å². The van der Waals surface area contributed by atoms with Crippen LogP contribution in [-0.2, 0) is 6.54 Å². The molecule has 3 aromatic rings. The van der Waals surface area contributed by atoms with Crippen LogP contribution < -0.4 is 9.47 Å². The van der Waals surface area contributed by atoms with E-state index in [4.69, 9.17) is 9.47 Å². The number of amides is 1. The number of fused-ring (bicyclic) bond motifs is 1. The Morgan fingerprint density at radius 2 is 1.59 bits per heavy atom. The first-order chi connectivity index (χ1) is 14.1. The minimum absolute atomic E-state index is 0.126. The van der Waals surface area contributed by atoms with Gasteiger partial charge < -0.3 is 19.5 Å². The monoisotopic (exact) mass is 389 g/mol. The molecule has 1 heterocycles. The normalized spacial score (nSPS) is 15.6. The summed E-state index contributed by atoms with van der Waals surface area (Å²) < 4.78 is 10.9. The van der Waals surface area contributed by atoms with Crippen molar-refractivity contribution >= 4 is 5.91 Å². The third-order valence-electron chi connectivity index (χ3n) is 5.32. The van der Waals surface area contributed by atoms with Crippen LogP contribution in [0.15, 0.2) is 66.7 Å². The molecule has 0 saturated heterocycles. The van der Waals surface area contributed by atoms with Crippen LogP contribution in [0.4, 0.5) is 0 Å². The van der Waals surface area contributed by atoms with Crippen LogP contribution in [0, 0.1) is 0 Å². The summed E-state index contributed by atoms with van der Waals surface area (Å²) in [6.45, 7) is 0.535. The smallest absolute Gasteiger partial charge is 0.254 e. The van der Waals surface area contributed by atoms with E-state index in [0.717, 1.165) is 16.7 Å². The van der Waals surface area contributed by atoms with Gasteiger partial charge in [0, 0.05) is 16.7 Å². The zero-order valence-corrected chi connectivity index (χ0v) is 16.5. The van der Waals surface area contributed by atoms with Gasteiger partial charge in [0.15, 0.2) is 0 Å². The molecule has 0 spiro atoms. The molecule has 148 valence electrons. The van der Waals surface area contributed by atoms with E-state index in [1.165, 1.54) is 0 Å². The van der Waals surface area contributed by atoms with Crippen molar-refractivity contribution < 1.29 is 19.4 Å². The second-order valence-electron chi connectivity index (χ2n) is 6.98. The number of ether oxygens (including phenoxy) is 2. The highest BCUT2D eigenvalue weighted by atomic mass is 16.5. The summed E-state index contributed by atoms with van der Waals surface area (Å²) in [5, 5.41) is 10.8. The lowest BCUT2D eigenvalue weighted by atomic mass is 9.93. The Balaban J connectivity index is 1.73. The van der Waals surface area contributed by atoms with Crippen molar-refractivity contribution in [3.63, 3.8) is 0 Å². The van der Waals surface area contributed by atoms with Crippen LogP contribution in [0.2, 0.25) is 0 Å². The summed E-state index contributed by atoms with van der Waals surface area (Å²) in [5.41, 5.74) is 3.92. The molecule has 1 amide bonds. The Labute approximate surface area is 170 Å². The minimum Gasteiger partial charge on any atom is -0.496 e. The van der Waals surface area contributed by atoms with Gasteiger partial charge in [-0.25, -0.2) is 0 Å². The first-order valence-electron chi connectivity index (χ1n) is 9.49. The molecule has 5 heteroatoms. The molecular formula is C24H23NO4. The molecule has 5 nitrogen and oxygen atoms in total. The first kappa shape index (κ1) is 19.0. The third-order valence-corrected chi connectivity index (χ3v) is 5.32. The Morgan fingerprint density at radius 3 is 2.31 bits per heavy atom. The van der Waals surface area contributed by atoms with Gasteiger partial charge in [-0.2, -0.15) is 0 Å². The highest BCUT2D eigenvalue weighted by Crippen LogP contribution is 2.40. The SMILES string of the molecule is COc1ccc(OC)c2c1CN(C(=O)c1ccccc1-c1ccccc1)CC2O. The molecule has 0 aliphatic carbocycles. The summed E-state index contributed by atoms with van der Waals surface area (Å²) in [6, 6.07) is 21.0. The van der Waals surface area contributed by atoms with Crippen LogP contribution in [0.3, 0.4) is 0 Å². The predicted octanol–water partition coefficient (Wildman–Crippen LogP) is 4.06. The molecule has 0 bridgehead atoms. The largest absolute Gasteiger partial charge is 0.496 e. The Kier molecular flexibility index (Phi) is 5.23. The number of benzene rings is 3. The number of carbonyl (C=O) groups is 1. The molecule has 0 radical (unpaired) electrons. The molecule has 29 heavy (non-hydrogen) atoms. The van der Waals surface area contributed by atoms with Crippen molar-refractivity contribution in [3.05, 3.63) is 83.4 Å². The van der Waals surface area contributed by atoms with Gasteiger partial charge >= 0.3 is 0 Å². The number of carbonyl (C=O) groups excluding carboxylic acids is 1. The number of hydrogen-bond acceptors (Lipinski definition) is 4. The number of methoxy groups -OCH3 is 2. The summed E-state index contributed by atoms with van der Waals surface area (Å²) in [6.07, 6.45) is -0.850. The number of aliphatic hydroxyl groups excluding tert-OH is 1. The predicted molar refractivity (Wildman–Crippen MR) is 111 cm³/mol. The molecule has 3 aromatic carbocycles. The average Bonchev–Trinajstić information content (AvgIpc) is 2.78. The van der Waals surface area contributed by atoms with Gasteiger partial charge in [0.1, 0.15) is 17.6 Å². The van der Waals surface area contributed by atoms with E-state index < -0.39 is 6.10 Å². The highest BCUT2D eigenvalue weighted by molar-refractivity contribution is 6.01. The fraction of sp³-hybridized carbons (Fsp3) is 0.208. The summed E-state index contributed by atoms with van der Waals surface area (Å²) >= 11 is 0. The zero-order valence-electron chi connectivity index (χ0n) is 16.5. The van der Waals surface area contributed by atoms with Crippen LogP contribution in [0.25, 0.3) is 11.1 Å². The second kappa shape index (κ2) is 7.97. The average molecular weight is 389 g/mol. The van der Waals surface area contributed by atoms with E-state index in [2.05, 4.69) is 0 Å². The molecule has 1 aliphatic heterocycles. The first-order valence-corrected chi connectivity index (χ1v) is 9.49. The Hall–Kier alpha value is -3.31. The van der Waals surface area contributed by atoms with Crippen molar-refractivity contribution in [2.24, 2.45) is 0 Å². The molecule has 1 atom stereocenters. The number of aliphatic hydroxyl groups is 1. The number of hydrogen-bond donors (Lipinski definition) is 1. The standard InChI is InChI=1S/C24H23NO4/c1-28-21-12-13-22(29-2)23-19(21)14-25(15-20(23)26)24(27)18-11-7-6-10-17(18)16-8-4-3-5-9-16/h3-13,20,26H,14-15H2,1-2H3. The van der Waals surface area contributed by atoms with E-state index in [-0.39, 0.29) is 12.5 Å². The van der Waals surface area contributed by atoms with Gasteiger partial charge in [0.2, 0.25) is 0 Å². The maximum atomic E-state index is 13.4. The minimum atomic E-state index is -0.850. The lowest BCUT2D eigenvalue weighted by molar-refractivity contribution is 0.0539. The summed E-state index contributed by atoms with van der Waals surface area (Å²) in [5.74, 6) is 1.11. The van der Waals surface area contributed by atoms with Crippen molar-refractivity contribution in [1.29, 1.82) is 0 Å². The number of nitrogens with zero attached hydrogens (tertiary/aromatic N) is 1. The van der Waals surface area contributed by atoms with Gasteiger partial charge in [0.05, 0.1) is 27.3 Å². The van der Waals surface area contributed by atoms with Gasteiger partial charge in [0.25, 0.3) is 5.91 Å². The van der Waals surface area contributed by atoms with E-state index >= 15 is 0 Å². The van der Waals surface area contributed by atoms with Crippen LogP contribution in [-0.4, -0.2) is 36.7 Å². The fourth-order valence-corrected chi connectivity index (χ4v) is 3.94. The van der Waals surface area contributed by atoms with Gasteiger partial charge in [-0.05, 0) is 29.3 Å². The molecule has 0 fully saturated rings. The van der Waals surface area contributed by atoms with Crippen molar-refractivity contribution in [2.75, 3.05) is 20.8 Å². The molecular weight excluding hydrogens is 366 g/mol. The molecule has 1 unspecified atom stereocenters. The van der Waals surface area contributed by atoms with E-state index in [0.29, 0.717) is 29.2 Å². The number of β-amino-alcohol motifs (C(OH)–C–C–N with tert-alkyl or cyclic N) is 1.